The van der Waals surface area contributed by atoms with Crippen molar-refractivity contribution in [1.29, 1.82) is 0 Å². The highest BCUT2D eigenvalue weighted by atomic mass is 19.1. The third-order valence-electron chi connectivity index (χ3n) is 6.69. The van der Waals surface area contributed by atoms with Crippen LogP contribution in [-0.4, -0.2) is 26.8 Å². The molecule has 0 amide bonds. The average molecular weight is 517 g/mol. The molecule has 1 heterocycles. The molecular weight excluding hydrogens is 486 g/mol. The molecule has 3 aromatic carbocycles. The van der Waals surface area contributed by atoms with Gasteiger partial charge in [0.2, 0.25) is 0 Å². The molecule has 5 rings (SSSR count). The molecule has 0 fully saturated rings. The monoisotopic (exact) mass is 516 g/mol. The van der Waals surface area contributed by atoms with E-state index in [0.717, 1.165) is 12.8 Å². The molecule has 1 N–H and O–H groups in total. The number of carbonyl (C=O) groups is 1. The van der Waals surface area contributed by atoms with Crippen molar-refractivity contribution in [3.05, 3.63) is 95.3 Å². The molecule has 0 aliphatic heterocycles. The van der Waals surface area contributed by atoms with Gasteiger partial charge in [0.25, 0.3) is 0 Å². The molecule has 0 spiro atoms. The number of carbonyl (C=O) groups excluding carboxylic acids is 1. The van der Waals surface area contributed by atoms with Gasteiger partial charge in [-0.2, -0.15) is 0 Å². The normalized spacial score (nSPS) is 13.5. The Labute approximate surface area is 220 Å². The van der Waals surface area contributed by atoms with E-state index < -0.39 is 17.0 Å². The fourth-order valence-corrected chi connectivity index (χ4v) is 4.56. The van der Waals surface area contributed by atoms with Gasteiger partial charge in [-0.15, -0.1) is 5.10 Å². The minimum atomic E-state index is -0.615. The number of rotatable bonds is 7. The van der Waals surface area contributed by atoms with E-state index in [1.54, 1.807) is 39.0 Å². The van der Waals surface area contributed by atoms with Crippen LogP contribution in [0, 0.1) is 17.0 Å². The van der Waals surface area contributed by atoms with E-state index in [1.165, 1.54) is 34.3 Å². The van der Waals surface area contributed by atoms with Crippen molar-refractivity contribution in [3.63, 3.8) is 0 Å². The van der Waals surface area contributed by atoms with Crippen molar-refractivity contribution in [2.75, 3.05) is 0 Å². The lowest BCUT2D eigenvalue weighted by Crippen LogP contribution is -2.29. The first kappa shape index (κ1) is 25.7. The number of fused-ring (bicyclic) bond motifs is 1. The van der Waals surface area contributed by atoms with Gasteiger partial charge in [-0.25, -0.2) is 18.4 Å². The number of aromatic nitrogens is 3. The second kappa shape index (κ2) is 10.5. The Morgan fingerprint density at radius 1 is 0.974 bits per heavy atom. The van der Waals surface area contributed by atoms with Gasteiger partial charge in [0.05, 0.1) is 5.41 Å². The number of nitrogens with zero attached hydrogens (tertiary/aromatic N) is 3. The smallest absolute Gasteiger partial charge is 0.313 e. The van der Waals surface area contributed by atoms with Crippen LogP contribution in [0.2, 0.25) is 0 Å². The first-order valence-electron chi connectivity index (χ1n) is 12.6. The molecule has 0 saturated heterocycles. The van der Waals surface area contributed by atoms with Crippen LogP contribution < -0.4 is 5.32 Å². The van der Waals surface area contributed by atoms with Gasteiger partial charge in [0.1, 0.15) is 18.0 Å². The van der Waals surface area contributed by atoms with Gasteiger partial charge in [0, 0.05) is 23.7 Å². The van der Waals surface area contributed by atoms with Crippen molar-refractivity contribution in [3.8, 4) is 22.5 Å². The summed E-state index contributed by atoms with van der Waals surface area (Å²) in [6.07, 6.45) is 3.18. The molecule has 8 heteroatoms. The molecule has 0 saturated carbocycles. The maximum atomic E-state index is 15.0. The molecule has 1 aromatic heterocycles. The zero-order valence-corrected chi connectivity index (χ0v) is 21.7. The summed E-state index contributed by atoms with van der Waals surface area (Å²) in [5.41, 5.74) is 3.73. The second-order valence-corrected chi connectivity index (χ2v) is 10.7. The predicted molar refractivity (Wildman–Crippen MR) is 141 cm³/mol. The Kier molecular flexibility index (Phi) is 7.08. The fourth-order valence-electron chi connectivity index (χ4n) is 4.56. The molecule has 0 atom stereocenters. The predicted octanol–water partition coefficient (Wildman–Crippen LogP) is 5.69. The molecular formula is C30H30F2N4O2. The second-order valence-electron chi connectivity index (χ2n) is 10.7. The summed E-state index contributed by atoms with van der Waals surface area (Å²) >= 11 is 0. The Morgan fingerprint density at radius 2 is 1.63 bits per heavy atom. The maximum absolute atomic E-state index is 15.0. The average Bonchev–Trinajstić information content (AvgIpc) is 3.53. The molecule has 6 nitrogen and oxygen atoms in total. The van der Waals surface area contributed by atoms with Gasteiger partial charge in [-0.1, -0.05) is 42.5 Å². The molecule has 38 heavy (non-hydrogen) atoms. The largest absolute Gasteiger partial charge is 0.442 e. The number of nitrogens with one attached hydrogen (secondary N) is 1. The third-order valence-corrected chi connectivity index (χ3v) is 6.69. The molecule has 1 aliphatic rings. The van der Waals surface area contributed by atoms with Gasteiger partial charge in [-0.05, 0) is 74.1 Å². The summed E-state index contributed by atoms with van der Waals surface area (Å²) in [5, 5.41) is 7.68. The molecule has 0 bridgehead atoms. The summed E-state index contributed by atoms with van der Waals surface area (Å²) in [5.74, 6) is -1.10. The first-order valence-corrected chi connectivity index (χ1v) is 12.6. The Hall–Kier alpha value is -3.91. The SMILES string of the molecule is CC(C)(C)C(=O)OCn1cnc(-c2cccc(-c3cc(F)c(CNC4Cc5ccccc5C4)c(F)c3)c2)n1. The standard InChI is InChI=1S/C30H30F2N4O2/c1-30(2,3)29(37)38-18-36-17-34-28(35-36)22-10-6-9-19(11-22)23-14-26(31)25(27(32)15-23)16-33-24-12-20-7-4-5-8-21(20)13-24/h4-11,14-15,17,24,33H,12-13,16,18H2,1-3H3. The quantitative estimate of drug-likeness (QED) is 0.320. The van der Waals surface area contributed by atoms with E-state index in [-0.39, 0.29) is 30.9 Å². The van der Waals surface area contributed by atoms with Crippen LogP contribution in [0.4, 0.5) is 8.78 Å². The van der Waals surface area contributed by atoms with Crippen molar-refractivity contribution in [2.24, 2.45) is 5.41 Å². The lowest BCUT2D eigenvalue weighted by molar-refractivity contribution is -0.157. The zero-order valence-electron chi connectivity index (χ0n) is 21.7. The van der Waals surface area contributed by atoms with Gasteiger partial charge in [-0.3, -0.25) is 4.79 Å². The molecule has 0 unspecified atom stereocenters. The van der Waals surface area contributed by atoms with E-state index in [9.17, 15) is 4.79 Å². The van der Waals surface area contributed by atoms with Crippen LogP contribution >= 0.6 is 0 Å². The van der Waals surface area contributed by atoms with E-state index >= 15 is 8.78 Å². The maximum Gasteiger partial charge on any atom is 0.313 e. The van der Waals surface area contributed by atoms with Crippen LogP contribution in [0.1, 0.15) is 37.5 Å². The van der Waals surface area contributed by atoms with Gasteiger partial charge < -0.3 is 10.1 Å². The van der Waals surface area contributed by atoms with E-state index in [1.807, 2.05) is 18.2 Å². The van der Waals surface area contributed by atoms with Crippen LogP contribution in [0.5, 0.6) is 0 Å². The lowest BCUT2D eigenvalue weighted by Gasteiger charge is -2.16. The van der Waals surface area contributed by atoms with Crippen molar-refractivity contribution >= 4 is 5.97 Å². The van der Waals surface area contributed by atoms with E-state index in [2.05, 4.69) is 27.5 Å². The molecule has 196 valence electrons. The summed E-state index contributed by atoms with van der Waals surface area (Å²) < 4.78 is 36.8. The number of hydrogen-bond donors (Lipinski definition) is 1. The van der Waals surface area contributed by atoms with Gasteiger partial charge in [0.15, 0.2) is 12.6 Å². The summed E-state index contributed by atoms with van der Waals surface area (Å²) in [6, 6.07) is 18.3. The van der Waals surface area contributed by atoms with Crippen molar-refractivity contribution < 1.29 is 18.3 Å². The first-order chi connectivity index (χ1) is 18.2. The van der Waals surface area contributed by atoms with Crippen LogP contribution in [0.3, 0.4) is 0 Å². The van der Waals surface area contributed by atoms with Crippen LogP contribution in [0.25, 0.3) is 22.5 Å². The van der Waals surface area contributed by atoms with Crippen LogP contribution in [0.15, 0.2) is 67.0 Å². The third kappa shape index (κ3) is 5.65. The fraction of sp³-hybridized carbons (Fsp3) is 0.300. The topological polar surface area (TPSA) is 69.0 Å². The Bertz CT molecular complexity index is 1430. The highest BCUT2D eigenvalue weighted by Gasteiger charge is 2.24. The number of esters is 1. The number of ether oxygens (including phenoxy) is 1. The van der Waals surface area contributed by atoms with Crippen molar-refractivity contribution in [2.45, 2.75) is 52.9 Å². The van der Waals surface area contributed by atoms with Gasteiger partial charge >= 0.3 is 5.97 Å². The Balaban J connectivity index is 1.27. The molecule has 1 aliphatic carbocycles. The highest BCUT2D eigenvalue weighted by molar-refractivity contribution is 5.75. The minimum Gasteiger partial charge on any atom is -0.442 e. The van der Waals surface area contributed by atoms with E-state index in [4.69, 9.17) is 4.74 Å². The summed E-state index contributed by atoms with van der Waals surface area (Å²) in [7, 11) is 0. The van der Waals surface area contributed by atoms with Crippen molar-refractivity contribution in [1.82, 2.24) is 20.1 Å². The summed E-state index contributed by atoms with van der Waals surface area (Å²) in [6.45, 7) is 5.39. The highest BCUT2D eigenvalue weighted by Crippen LogP contribution is 2.28. The number of benzene rings is 3. The minimum absolute atomic E-state index is 0.0334. The number of halogens is 2. The molecule has 0 radical (unpaired) electrons. The lowest BCUT2D eigenvalue weighted by atomic mass is 9.98. The zero-order chi connectivity index (χ0) is 26.9. The summed E-state index contributed by atoms with van der Waals surface area (Å²) in [4.78, 5) is 16.3. The molecule has 4 aromatic rings. The number of hydrogen-bond acceptors (Lipinski definition) is 5. The Morgan fingerprint density at radius 3 is 2.29 bits per heavy atom. The van der Waals surface area contributed by atoms with Crippen LogP contribution in [-0.2, 0) is 35.6 Å². The van der Waals surface area contributed by atoms with E-state index in [0.29, 0.717) is 22.5 Å².